The first-order chi connectivity index (χ1) is 12.1. The number of imidazole rings is 1. The molecule has 0 radical (unpaired) electrons. The molecule has 0 spiro atoms. The Morgan fingerprint density at radius 2 is 2.16 bits per heavy atom. The largest absolute Gasteiger partial charge is 0.359 e. The van der Waals surface area contributed by atoms with Gasteiger partial charge in [0.1, 0.15) is 5.82 Å². The van der Waals surface area contributed by atoms with Crippen molar-refractivity contribution in [2.75, 3.05) is 6.54 Å². The van der Waals surface area contributed by atoms with Gasteiger partial charge < -0.3 is 14.0 Å². The van der Waals surface area contributed by atoms with E-state index in [0.29, 0.717) is 18.0 Å². The van der Waals surface area contributed by atoms with E-state index in [-0.39, 0.29) is 11.9 Å². The van der Waals surface area contributed by atoms with Crippen molar-refractivity contribution in [3.63, 3.8) is 0 Å². The van der Waals surface area contributed by atoms with Crippen molar-refractivity contribution in [3.05, 3.63) is 47.6 Å². The zero-order valence-electron chi connectivity index (χ0n) is 14.6. The maximum absolute atomic E-state index is 12.7. The molecule has 1 atom stereocenters. The van der Waals surface area contributed by atoms with Gasteiger partial charge in [0.2, 0.25) is 0 Å². The van der Waals surface area contributed by atoms with E-state index in [1.54, 1.807) is 6.07 Å². The van der Waals surface area contributed by atoms with Gasteiger partial charge in [-0.25, -0.2) is 4.98 Å². The minimum Gasteiger partial charge on any atom is -0.359 e. The van der Waals surface area contributed by atoms with Crippen LogP contribution in [0.4, 0.5) is 0 Å². The minimum absolute atomic E-state index is 0.0330. The number of carbonyl (C=O) groups excluding carboxylic acids is 1. The Morgan fingerprint density at radius 1 is 1.32 bits per heavy atom. The Bertz CT molecular complexity index is 911. The number of nitrogens with zero attached hydrogens (tertiary/aromatic N) is 4. The highest BCUT2D eigenvalue weighted by molar-refractivity contribution is 5.92. The first-order valence-electron chi connectivity index (χ1n) is 8.82. The highest BCUT2D eigenvalue weighted by Crippen LogP contribution is 2.21. The number of benzene rings is 1. The first kappa shape index (κ1) is 15.9. The second-order valence-electron chi connectivity index (χ2n) is 6.76. The molecule has 0 aliphatic carbocycles. The van der Waals surface area contributed by atoms with Crippen LogP contribution < -0.4 is 0 Å². The fraction of sp³-hybridized carbons (Fsp3) is 0.421. The third-order valence-corrected chi connectivity index (χ3v) is 5.00. The van der Waals surface area contributed by atoms with E-state index >= 15 is 0 Å². The Kier molecular flexibility index (Phi) is 4.03. The van der Waals surface area contributed by atoms with Crippen molar-refractivity contribution in [1.82, 2.24) is 19.6 Å². The van der Waals surface area contributed by atoms with Crippen LogP contribution in [0.15, 0.2) is 34.9 Å². The number of carbonyl (C=O) groups is 1. The van der Waals surface area contributed by atoms with E-state index in [1.807, 2.05) is 36.1 Å². The van der Waals surface area contributed by atoms with Gasteiger partial charge in [-0.3, -0.25) is 4.79 Å². The number of aromatic nitrogens is 3. The topological polar surface area (TPSA) is 64.2 Å². The van der Waals surface area contributed by atoms with E-state index in [4.69, 9.17) is 4.52 Å². The molecule has 0 bridgehead atoms. The molecule has 2 aromatic heterocycles. The number of hydrogen-bond donors (Lipinski definition) is 0. The van der Waals surface area contributed by atoms with Crippen LogP contribution in [0.2, 0.25) is 0 Å². The van der Waals surface area contributed by atoms with Crippen LogP contribution in [0.3, 0.4) is 0 Å². The van der Waals surface area contributed by atoms with E-state index in [2.05, 4.69) is 21.6 Å². The lowest BCUT2D eigenvalue weighted by Gasteiger charge is -2.32. The molecule has 6 heteroatoms. The van der Waals surface area contributed by atoms with Crippen molar-refractivity contribution in [2.45, 2.75) is 45.7 Å². The summed E-state index contributed by atoms with van der Waals surface area (Å²) in [6, 6.07) is 10.0. The van der Waals surface area contributed by atoms with Crippen LogP contribution >= 0.6 is 0 Å². The molecule has 1 unspecified atom stereocenters. The molecule has 130 valence electrons. The van der Waals surface area contributed by atoms with Crippen molar-refractivity contribution < 1.29 is 9.32 Å². The van der Waals surface area contributed by atoms with Gasteiger partial charge in [0.05, 0.1) is 17.6 Å². The Morgan fingerprint density at radius 3 is 3.00 bits per heavy atom. The Labute approximate surface area is 146 Å². The normalized spacial score (nSPS) is 18.0. The third kappa shape index (κ3) is 2.92. The zero-order valence-corrected chi connectivity index (χ0v) is 14.6. The average molecular weight is 338 g/mol. The molecule has 3 heterocycles. The molecular weight excluding hydrogens is 316 g/mol. The van der Waals surface area contributed by atoms with Gasteiger partial charge in [-0.1, -0.05) is 17.3 Å². The van der Waals surface area contributed by atoms with E-state index in [9.17, 15) is 4.79 Å². The highest BCUT2D eigenvalue weighted by Gasteiger charge is 2.26. The second kappa shape index (κ2) is 6.35. The van der Waals surface area contributed by atoms with Crippen LogP contribution in [0.25, 0.3) is 11.0 Å². The van der Waals surface area contributed by atoms with Gasteiger partial charge in [-0.15, -0.1) is 0 Å². The number of piperidine rings is 1. The number of likely N-dealkylation sites (tertiary alicyclic amines) is 1. The molecular formula is C19H22N4O2. The summed E-state index contributed by atoms with van der Waals surface area (Å²) in [6.45, 7) is 5.38. The predicted molar refractivity (Wildman–Crippen MR) is 94.4 cm³/mol. The molecule has 6 nitrogen and oxygen atoms in total. The van der Waals surface area contributed by atoms with Crippen LogP contribution in [0, 0.1) is 6.92 Å². The monoisotopic (exact) mass is 338 g/mol. The van der Waals surface area contributed by atoms with Gasteiger partial charge in [-0.05, 0) is 45.2 Å². The standard InChI is InChI=1S/C19H22N4O2/c1-13-7-5-6-10-22(13)19(24)17-11-15(25-21-17)12-23-14(2)20-16-8-3-4-9-18(16)23/h3-4,8-9,11,13H,5-7,10,12H2,1-2H3. The van der Waals surface area contributed by atoms with Gasteiger partial charge >= 0.3 is 0 Å². The Hall–Kier alpha value is -2.63. The van der Waals surface area contributed by atoms with E-state index in [0.717, 1.165) is 36.2 Å². The number of rotatable bonds is 3. The summed E-state index contributed by atoms with van der Waals surface area (Å²) < 4.78 is 7.52. The highest BCUT2D eigenvalue weighted by atomic mass is 16.5. The maximum atomic E-state index is 12.7. The molecule has 1 fully saturated rings. The van der Waals surface area contributed by atoms with Crippen molar-refractivity contribution >= 4 is 16.9 Å². The van der Waals surface area contributed by atoms with Crippen LogP contribution in [0.5, 0.6) is 0 Å². The van der Waals surface area contributed by atoms with Crippen LogP contribution in [0.1, 0.15) is 48.3 Å². The summed E-state index contributed by atoms with van der Waals surface area (Å²) in [5.74, 6) is 1.55. The van der Waals surface area contributed by atoms with Crippen LogP contribution in [-0.2, 0) is 6.54 Å². The molecule has 1 aromatic carbocycles. The average Bonchev–Trinajstić information content (AvgIpc) is 3.20. The maximum Gasteiger partial charge on any atom is 0.276 e. The van der Waals surface area contributed by atoms with Crippen molar-refractivity contribution in [1.29, 1.82) is 0 Å². The fourth-order valence-electron chi connectivity index (χ4n) is 3.59. The molecule has 1 amide bonds. The summed E-state index contributed by atoms with van der Waals surface area (Å²) in [5, 5.41) is 4.02. The summed E-state index contributed by atoms with van der Waals surface area (Å²) in [4.78, 5) is 19.2. The van der Waals surface area contributed by atoms with Crippen molar-refractivity contribution in [2.24, 2.45) is 0 Å². The van der Waals surface area contributed by atoms with Crippen LogP contribution in [-0.4, -0.2) is 38.1 Å². The van der Waals surface area contributed by atoms with Gasteiger partial charge in [0, 0.05) is 18.7 Å². The van der Waals surface area contributed by atoms with E-state index in [1.165, 1.54) is 6.42 Å². The van der Waals surface area contributed by atoms with Gasteiger partial charge in [0.15, 0.2) is 11.5 Å². The summed E-state index contributed by atoms with van der Waals surface area (Å²) in [7, 11) is 0. The number of hydrogen-bond acceptors (Lipinski definition) is 4. The minimum atomic E-state index is -0.0330. The quantitative estimate of drug-likeness (QED) is 0.734. The number of amides is 1. The zero-order chi connectivity index (χ0) is 17.4. The number of aryl methyl sites for hydroxylation is 1. The second-order valence-corrected chi connectivity index (χ2v) is 6.76. The molecule has 1 saturated heterocycles. The van der Waals surface area contributed by atoms with Crippen molar-refractivity contribution in [3.8, 4) is 0 Å². The summed E-state index contributed by atoms with van der Waals surface area (Å²) in [6.07, 6.45) is 3.29. The number of fused-ring (bicyclic) bond motifs is 1. The molecule has 0 N–H and O–H groups in total. The lowest BCUT2D eigenvalue weighted by molar-refractivity contribution is 0.0625. The molecule has 1 aliphatic heterocycles. The van der Waals surface area contributed by atoms with E-state index < -0.39 is 0 Å². The summed E-state index contributed by atoms with van der Waals surface area (Å²) >= 11 is 0. The Balaban J connectivity index is 1.57. The summed E-state index contributed by atoms with van der Waals surface area (Å²) in [5.41, 5.74) is 2.40. The first-order valence-corrected chi connectivity index (χ1v) is 8.82. The lowest BCUT2D eigenvalue weighted by atomic mass is 10.0. The molecule has 25 heavy (non-hydrogen) atoms. The molecule has 4 rings (SSSR count). The number of para-hydroxylation sites is 2. The smallest absolute Gasteiger partial charge is 0.276 e. The SMILES string of the molecule is Cc1nc2ccccc2n1Cc1cc(C(=O)N2CCCCC2C)no1. The fourth-order valence-corrected chi connectivity index (χ4v) is 3.59. The molecule has 3 aromatic rings. The molecule has 0 saturated carbocycles. The third-order valence-electron chi connectivity index (χ3n) is 5.00. The van der Waals surface area contributed by atoms with Gasteiger partial charge in [-0.2, -0.15) is 0 Å². The predicted octanol–water partition coefficient (Wildman–Crippen LogP) is 3.40. The van der Waals surface area contributed by atoms with Gasteiger partial charge in [0.25, 0.3) is 5.91 Å². The molecule has 1 aliphatic rings. The lowest BCUT2D eigenvalue weighted by Crippen LogP contribution is -2.42.